The monoisotopic (exact) mass is 412 g/mol. The minimum Gasteiger partial charge on any atom is -0.465 e. The van der Waals surface area contributed by atoms with E-state index in [9.17, 15) is 19.2 Å². The maximum atomic E-state index is 13.8. The van der Waals surface area contributed by atoms with Crippen molar-refractivity contribution in [3.8, 4) is 0 Å². The molecule has 0 aromatic rings. The van der Waals surface area contributed by atoms with Gasteiger partial charge in [0, 0.05) is 29.6 Å². The highest BCUT2D eigenvalue weighted by molar-refractivity contribution is 6.01. The molecule has 6 nitrogen and oxygen atoms in total. The number of carbonyl (C=O) groups excluding carboxylic acids is 4. The lowest BCUT2D eigenvalue weighted by atomic mass is 9.71. The van der Waals surface area contributed by atoms with E-state index in [-0.39, 0.29) is 60.3 Å². The molecule has 7 aliphatic carbocycles. The zero-order chi connectivity index (χ0) is 20.6. The van der Waals surface area contributed by atoms with Crippen molar-refractivity contribution in [2.45, 2.75) is 26.7 Å². The summed E-state index contributed by atoms with van der Waals surface area (Å²) in [5.74, 6) is 0.262. The number of Topliss-reactive ketones (excluding diaryl/α,β-unsaturated/α-hetero) is 2. The first-order valence-corrected chi connectivity index (χ1v) is 11.9. The van der Waals surface area contributed by atoms with Crippen LogP contribution in [0.25, 0.3) is 0 Å². The van der Waals surface area contributed by atoms with Crippen LogP contribution in [0.1, 0.15) is 26.7 Å². The molecule has 30 heavy (non-hydrogen) atoms. The van der Waals surface area contributed by atoms with E-state index in [0.29, 0.717) is 35.5 Å². The molecule has 3 unspecified atom stereocenters. The fourth-order valence-corrected chi connectivity index (χ4v) is 10.8. The molecule has 0 bridgehead atoms. The number of carbonyl (C=O) groups is 4. The number of hydrogen-bond donors (Lipinski definition) is 0. The first kappa shape index (κ1) is 17.9. The first-order chi connectivity index (χ1) is 14.5. The molecule has 0 saturated heterocycles. The highest BCUT2D eigenvalue weighted by Crippen LogP contribution is 2.84. The van der Waals surface area contributed by atoms with Crippen LogP contribution in [-0.4, -0.2) is 36.7 Å². The topological polar surface area (TPSA) is 86.7 Å². The molecular formula is C24H28O6. The largest absolute Gasteiger partial charge is 0.465 e. The number of rotatable bonds is 5. The third-order valence-corrected chi connectivity index (χ3v) is 10.7. The second-order valence-electron chi connectivity index (χ2n) is 10.8. The fraction of sp³-hybridized carbons (Fsp3) is 0.833. The fourth-order valence-electron chi connectivity index (χ4n) is 10.8. The van der Waals surface area contributed by atoms with E-state index >= 15 is 0 Å². The maximum absolute atomic E-state index is 13.8. The zero-order valence-corrected chi connectivity index (χ0v) is 17.4. The van der Waals surface area contributed by atoms with Crippen LogP contribution in [0.2, 0.25) is 0 Å². The second-order valence-corrected chi connectivity index (χ2v) is 10.8. The van der Waals surface area contributed by atoms with Gasteiger partial charge in [-0.05, 0) is 74.0 Å². The lowest BCUT2D eigenvalue weighted by Crippen LogP contribution is -2.44. The number of fused-ring (bicyclic) bond motifs is 2. The van der Waals surface area contributed by atoms with Gasteiger partial charge in [0.15, 0.2) is 5.92 Å². The van der Waals surface area contributed by atoms with E-state index in [0.717, 1.165) is 12.8 Å². The summed E-state index contributed by atoms with van der Waals surface area (Å²) in [4.78, 5) is 53.6. The summed E-state index contributed by atoms with van der Waals surface area (Å²) in [6.45, 7) is 3.75. The molecule has 7 rings (SSSR count). The van der Waals surface area contributed by atoms with Crippen LogP contribution in [-0.2, 0) is 28.7 Å². The zero-order valence-electron chi connectivity index (χ0n) is 17.4. The molecule has 7 saturated carbocycles. The van der Waals surface area contributed by atoms with E-state index in [1.807, 2.05) is 0 Å². The van der Waals surface area contributed by atoms with Gasteiger partial charge in [-0.3, -0.25) is 19.2 Å². The lowest BCUT2D eigenvalue weighted by molar-refractivity contribution is -0.166. The number of esters is 2. The Labute approximate surface area is 175 Å². The SMILES string of the molecule is CCOC(=O)C(C(=O)OCC)C1[C@@H]2C(=O)[C@@H]3[C@H]4C5C6[C@@H](CC[C@@H]63)[C@H]3C(=O)[C@@H]1[C@@H]([C@@H]53)[C@H]42. The summed E-state index contributed by atoms with van der Waals surface area (Å²) in [7, 11) is 0. The summed E-state index contributed by atoms with van der Waals surface area (Å²) in [5, 5.41) is 0. The van der Waals surface area contributed by atoms with Crippen molar-refractivity contribution in [3.63, 3.8) is 0 Å². The summed E-state index contributed by atoms with van der Waals surface area (Å²) < 4.78 is 10.6. The van der Waals surface area contributed by atoms with Gasteiger partial charge in [-0.25, -0.2) is 0 Å². The molecule has 7 aliphatic rings. The highest BCUT2D eigenvalue weighted by Gasteiger charge is 2.86. The third kappa shape index (κ3) is 1.64. The second kappa shape index (κ2) is 5.55. The summed E-state index contributed by atoms with van der Waals surface area (Å²) in [6.07, 6.45) is 2.15. The van der Waals surface area contributed by atoms with Crippen molar-refractivity contribution in [1.29, 1.82) is 0 Å². The van der Waals surface area contributed by atoms with Crippen LogP contribution in [0.15, 0.2) is 0 Å². The van der Waals surface area contributed by atoms with Gasteiger partial charge in [-0.15, -0.1) is 0 Å². The van der Waals surface area contributed by atoms with Gasteiger partial charge in [0.2, 0.25) is 0 Å². The van der Waals surface area contributed by atoms with Crippen molar-refractivity contribution in [1.82, 2.24) is 0 Å². The van der Waals surface area contributed by atoms with Crippen molar-refractivity contribution >= 4 is 23.5 Å². The Kier molecular flexibility index (Phi) is 3.31. The number of ether oxygens (including phenoxy) is 2. The standard InChI is InChI=1S/C24H28O6/c1-3-29-23(27)20(24(28)30-4-2)17-18-15-13-10(21(18)25)7-5-6-8-9(7)12(13)14-11(8)22(26)19(17)16(14)15/h7-20H,3-6H2,1-2H3/t7-,8+,9?,10-,11+,12?,13-,14+,15-,16-,17?,18+,19+/m0/s1. The summed E-state index contributed by atoms with van der Waals surface area (Å²) in [5.41, 5.74) is 0. The molecule has 0 amide bonds. The molecule has 0 aliphatic heterocycles. The predicted molar refractivity (Wildman–Crippen MR) is 101 cm³/mol. The van der Waals surface area contributed by atoms with Crippen LogP contribution in [0.3, 0.4) is 0 Å². The van der Waals surface area contributed by atoms with Crippen LogP contribution in [0.4, 0.5) is 0 Å². The molecular weight excluding hydrogens is 384 g/mol. The third-order valence-electron chi connectivity index (χ3n) is 10.7. The van der Waals surface area contributed by atoms with Gasteiger partial charge < -0.3 is 9.47 Å². The minimum atomic E-state index is -1.15. The summed E-state index contributed by atoms with van der Waals surface area (Å²) >= 11 is 0. The molecule has 7 fully saturated rings. The number of ketones is 2. The minimum absolute atomic E-state index is 0.107. The molecule has 160 valence electrons. The molecule has 13 atom stereocenters. The van der Waals surface area contributed by atoms with Crippen molar-refractivity contribution in [2.24, 2.45) is 82.9 Å². The lowest BCUT2D eigenvalue weighted by Gasteiger charge is -2.31. The van der Waals surface area contributed by atoms with Crippen LogP contribution in [0.5, 0.6) is 0 Å². The Bertz CT molecular complexity index is 826. The van der Waals surface area contributed by atoms with E-state index in [1.165, 1.54) is 0 Å². The van der Waals surface area contributed by atoms with Gasteiger partial charge in [-0.1, -0.05) is 0 Å². The Morgan fingerprint density at radius 2 is 1.17 bits per heavy atom. The average Bonchev–Trinajstić information content (AvgIpc) is 3.47. The summed E-state index contributed by atoms with van der Waals surface area (Å²) in [6, 6.07) is 0. The Hall–Kier alpha value is -1.72. The average molecular weight is 412 g/mol. The number of hydrogen-bond acceptors (Lipinski definition) is 6. The Morgan fingerprint density at radius 1 is 0.733 bits per heavy atom. The van der Waals surface area contributed by atoms with Crippen molar-refractivity contribution < 1.29 is 28.7 Å². The normalized spacial score (nSPS) is 54.7. The predicted octanol–water partition coefficient (Wildman–Crippen LogP) is 1.75. The Morgan fingerprint density at radius 3 is 1.60 bits per heavy atom. The van der Waals surface area contributed by atoms with Crippen molar-refractivity contribution in [3.05, 3.63) is 0 Å². The smallest absolute Gasteiger partial charge is 0.320 e. The molecule has 0 spiro atoms. The molecule has 6 heteroatoms. The quantitative estimate of drug-likeness (QED) is 0.505. The van der Waals surface area contributed by atoms with Crippen LogP contribution >= 0.6 is 0 Å². The first-order valence-electron chi connectivity index (χ1n) is 11.9. The van der Waals surface area contributed by atoms with E-state index < -0.39 is 23.8 Å². The van der Waals surface area contributed by atoms with Gasteiger partial charge in [0.1, 0.15) is 11.6 Å². The highest BCUT2D eigenvalue weighted by atomic mass is 16.6. The maximum Gasteiger partial charge on any atom is 0.320 e. The van der Waals surface area contributed by atoms with Crippen molar-refractivity contribution in [2.75, 3.05) is 13.2 Å². The molecule has 0 N–H and O–H groups in total. The van der Waals surface area contributed by atoms with Gasteiger partial charge in [0.25, 0.3) is 0 Å². The molecule has 0 radical (unpaired) electrons. The van der Waals surface area contributed by atoms with Gasteiger partial charge in [-0.2, -0.15) is 0 Å². The van der Waals surface area contributed by atoms with E-state index in [2.05, 4.69) is 0 Å². The Balaban J connectivity index is 1.39. The van der Waals surface area contributed by atoms with E-state index in [4.69, 9.17) is 9.47 Å². The van der Waals surface area contributed by atoms with E-state index in [1.54, 1.807) is 13.8 Å². The molecule has 0 heterocycles. The van der Waals surface area contributed by atoms with Crippen LogP contribution < -0.4 is 0 Å². The molecule has 0 aromatic heterocycles. The van der Waals surface area contributed by atoms with Gasteiger partial charge in [0.05, 0.1) is 13.2 Å². The van der Waals surface area contributed by atoms with Gasteiger partial charge >= 0.3 is 11.9 Å². The molecule has 0 aromatic carbocycles. The van der Waals surface area contributed by atoms with Crippen LogP contribution in [0, 0.1) is 82.9 Å².